The maximum Gasteiger partial charge on any atom is 0.349 e. The number of likely N-dealkylation sites (N-methyl/N-ethyl adjacent to an activating group) is 1. The van der Waals surface area contributed by atoms with Crippen LogP contribution in [0.5, 0.6) is 5.75 Å². The Morgan fingerprint density at radius 1 is 0.909 bits per heavy atom. The first-order valence-corrected chi connectivity index (χ1v) is 19.5. The first-order valence-electron chi connectivity index (χ1n) is 16.6. The second kappa shape index (κ2) is 15.0. The number of rotatable bonds is 12. The number of anilines is 2. The number of carboxylic acid groups (broad SMARTS) is 2. The van der Waals surface area contributed by atoms with Crippen molar-refractivity contribution >= 4 is 66.0 Å². The standard InChI is InChI=1S/C33H38N8O12S2/c1-6-33(7-2,41-15-16(3)40(5)14-17(41)4)30-35-31(37-32(47)36-30)34-23-13-22(54(48,49)50)11-18-12-24(55(51,52)53)26(27(42)25(18)23)39-38-21-9-19(28(43)44)8-20(10-21)29(45)46/h8-13,16-17,42H,6-7,14-15H2,1-5H3,(H,43,44)(H,45,46)(H,48,49,50)(H,51,52,53)(H2,34,35,36,37,47). The minimum absolute atomic E-state index is 0.0372. The number of aromatic carboxylic acids is 2. The van der Waals surface area contributed by atoms with Crippen LogP contribution in [0.3, 0.4) is 0 Å². The first kappa shape index (κ1) is 40.8. The van der Waals surface area contributed by atoms with Crippen molar-refractivity contribution in [3.8, 4) is 5.75 Å². The van der Waals surface area contributed by atoms with E-state index in [0.29, 0.717) is 25.5 Å². The number of aromatic amines is 1. The van der Waals surface area contributed by atoms with E-state index < -0.39 is 81.4 Å². The highest BCUT2D eigenvalue weighted by atomic mass is 32.2. The molecule has 55 heavy (non-hydrogen) atoms. The summed E-state index contributed by atoms with van der Waals surface area (Å²) in [5, 5.41) is 39.9. The molecule has 1 aliphatic rings. The molecule has 4 aromatic rings. The number of phenols is 1. The van der Waals surface area contributed by atoms with Gasteiger partial charge in [0.15, 0.2) is 5.75 Å². The average molecular weight is 803 g/mol. The summed E-state index contributed by atoms with van der Waals surface area (Å²) < 4.78 is 70.0. The Morgan fingerprint density at radius 3 is 2.07 bits per heavy atom. The zero-order chi connectivity index (χ0) is 40.8. The number of carboxylic acids is 2. The number of nitrogens with one attached hydrogen (secondary N) is 2. The normalized spacial score (nSPS) is 17.5. The minimum Gasteiger partial charge on any atom is -0.505 e. The number of carbonyl (C=O) groups is 2. The van der Waals surface area contributed by atoms with Crippen molar-refractivity contribution in [3.05, 3.63) is 63.8 Å². The Morgan fingerprint density at radius 2 is 1.53 bits per heavy atom. The molecule has 0 radical (unpaired) electrons. The average Bonchev–Trinajstić information content (AvgIpc) is 3.09. The summed E-state index contributed by atoms with van der Waals surface area (Å²) in [7, 11) is -8.28. The number of phenolic OH excluding ortho intramolecular Hbond substituents is 1. The van der Waals surface area contributed by atoms with Crippen LogP contribution in [-0.2, 0) is 25.8 Å². The smallest absolute Gasteiger partial charge is 0.349 e. The highest BCUT2D eigenvalue weighted by molar-refractivity contribution is 7.86. The molecule has 1 aromatic heterocycles. The monoisotopic (exact) mass is 802 g/mol. The van der Waals surface area contributed by atoms with Gasteiger partial charge >= 0.3 is 17.6 Å². The number of H-pyrrole nitrogens is 1. The van der Waals surface area contributed by atoms with Crippen LogP contribution in [0, 0.1) is 0 Å². The van der Waals surface area contributed by atoms with E-state index in [9.17, 15) is 55.6 Å². The van der Waals surface area contributed by atoms with E-state index in [0.717, 1.165) is 36.9 Å². The zero-order valence-electron chi connectivity index (χ0n) is 30.0. The van der Waals surface area contributed by atoms with Crippen molar-refractivity contribution in [2.75, 3.05) is 25.5 Å². The van der Waals surface area contributed by atoms with Gasteiger partial charge in [0.25, 0.3) is 20.2 Å². The molecule has 0 saturated carbocycles. The van der Waals surface area contributed by atoms with Crippen LogP contribution < -0.4 is 11.0 Å². The summed E-state index contributed by atoms with van der Waals surface area (Å²) in [5.41, 5.74) is -4.37. The van der Waals surface area contributed by atoms with Gasteiger partial charge in [0, 0.05) is 30.6 Å². The number of aromatic nitrogens is 3. The molecule has 2 atom stereocenters. The highest BCUT2D eigenvalue weighted by Gasteiger charge is 2.44. The zero-order valence-corrected chi connectivity index (χ0v) is 31.7. The largest absolute Gasteiger partial charge is 0.505 e. The van der Waals surface area contributed by atoms with Crippen LogP contribution in [0.4, 0.5) is 23.0 Å². The van der Waals surface area contributed by atoms with E-state index >= 15 is 0 Å². The summed E-state index contributed by atoms with van der Waals surface area (Å²) >= 11 is 0. The SMILES string of the molecule is CCC(CC)(c1nc(Nc2cc(S(=O)(=O)O)cc3cc(S(=O)(=O)O)c(N=Nc4cc(C(=O)O)cc(C(=O)O)c4)c(O)c23)nc(=O)[nH]1)N1CC(C)N(C)CC1C. The molecule has 1 fully saturated rings. The second-order valence-electron chi connectivity index (χ2n) is 13.1. The molecule has 1 saturated heterocycles. The molecule has 2 unspecified atom stereocenters. The molecule has 0 amide bonds. The molecule has 22 heteroatoms. The maximum absolute atomic E-state index is 13.1. The van der Waals surface area contributed by atoms with Crippen LogP contribution in [0.25, 0.3) is 10.8 Å². The fourth-order valence-electron chi connectivity index (χ4n) is 6.83. The van der Waals surface area contributed by atoms with Gasteiger partial charge in [-0.3, -0.25) is 19.0 Å². The first-order chi connectivity index (χ1) is 25.6. The van der Waals surface area contributed by atoms with E-state index in [1.54, 1.807) is 0 Å². The molecular weight excluding hydrogens is 765 g/mol. The third-order valence-electron chi connectivity index (χ3n) is 9.73. The lowest BCUT2D eigenvalue weighted by Crippen LogP contribution is -2.62. The van der Waals surface area contributed by atoms with Gasteiger partial charge in [-0.1, -0.05) is 13.8 Å². The van der Waals surface area contributed by atoms with Crippen LogP contribution in [0.1, 0.15) is 67.1 Å². The number of hydrogen-bond acceptors (Lipinski definition) is 15. The predicted molar refractivity (Wildman–Crippen MR) is 196 cm³/mol. The molecular formula is C33H38N8O12S2. The Labute approximate surface area is 314 Å². The highest BCUT2D eigenvalue weighted by Crippen LogP contribution is 2.46. The molecule has 3 aromatic carbocycles. The summed E-state index contributed by atoms with van der Waals surface area (Å²) in [6.07, 6.45) is 1.02. The van der Waals surface area contributed by atoms with Crippen molar-refractivity contribution in [1.29, 1.82) is 0 Å². The van der Waals surface area contributed by atoms with Crippen molar-refractivity contribution in [3.63, 3.8) is 0 Å². The number of nitrogens with zero attached hydrogens (tertiary/aromatic N) is 6. The van der Waals surface area contributed by atoms with Gasteiger partial charge in [-0.2, -0.15) is 31.9 Å². The van der Waals surface area contributed by atoms with Gasteiger partial charge < -0.3 is 25.5 Å². The lowest BCUT2D eigenvalue weighted by Gasteiger charge is -2.51. The Hall–Kier alpha value is -5.39. The topological polar surface area (TPSA) is 305 Å². The number of benzene rings is 3. The molecule has 2 heterocycles. The van der Waals surface area contributed by atoms with Crippen LogP contribution in [0.2, 0.25) is 0 Å². The molecule has 0 bridgehead atoms. The molecule has 7 N–H and O–H groups in total. The van der Waals surface area contributed by atoms with Crippen molar-refractivity contribution in [2.45, 2.75) is 68.0 Å². The fraction of sp³-hybridized carbons (Fsp3) is 0.364. The van der Waals surface area contributed by atoms with Gasteiger partial charge in [-0.05, 0) is 75.5 Å². The van der Waals surface area contributed by atoms with E-state index in [-0.39, 0.29) is 40.3 Å². The lowest BCUT2D eigenvalue weighted by molar-refractivity contribution is -0.0365. The Balaban J connectivity index is 1.74. The van der Waals surface area contributed by atoms with Crippen molar-refractivity contribution < 1.29 is 50.8 Å². The van der Waals surface area contributed by atoms with E-state index in [4.69, 9.17) is 0 Å². The Kier molecular flexibility index (Phi) is 11.1. The quantitative estimate of drug-likeness (QED) is 0.0783. The number of hydrogen-bond donors (Lipinski definition) is 7. The van der Waals surface area contributed by atoms with Gasteiger partial charge in [0.2, 0.25) is 5.95 Å². The predicted octanol–water partition coefficient (Wildman–Crippen LogP) is 4.11. The third kappa shape index (κ3) is 8.18. The number of azo groups is 1. The Bertz CT molecular complexity index is 2490. The lowest BCUT2D eigenvalue weighted by atomic mass is 9.86. The molecule has 5 rings (SSSR count). The van der Waals surface area contributed by atoms with Gasteiger partial charge in [0.05, 0.1) is 32.9 Å². The summed E-state index contributed by atoms with van der Waals surface area (Å²) in [6, 6.07) is 5.22. The van der Waals surface area contributed by atoms with Crippen LogP contribution in [0.15, 0.2) is 61.2 Å². The van der Waals surface area contributed by atoms with E-state index in [1.807, 2.05) is 20.9 Å². The number of fused-ring (bicyclic) bond motifs is 1. The van der Waals surface area contributed by atoms with E-state index in [2.05, 4.69) is 54.1 Å². The van der Waals surface area contributed by atoms with Crippen molar-refractivity contribution in [1.82, 2.24) is 24.8 Å². The molecule has 1 aliphatic heterocycles. The van der Waals surface area contributed by atoms with Gasteiger partial charge in [-0.25, -0.2) is 14.4 Å². The van der Waals surface area contributed by atoms with Crippen LogP contribution in [-0.4, -0.2) is 110 Å². The second-order valence-corrected chi connectivity index (χ2v) is 16.0. The van der Waals surface area contributed by atoms with Crippen molar-refractivity contribution in [2.24, 2.45) is 10.2 Å². The summed E-state index contributed by atoms with van der Waals surface area (Å²) in [4.78, 5) is 50.2. The van der Waals surface area contributed by atoms with Gasteiger partial charge in [0.1, 0.15) is 16.4 Å². The number of aromatic hydroxyl groups is 1. The molecule has 20 nitrogen and oxygen atoms in total. The molecule has 294 valence electrons. The molecule has 0 aliphatic carbocycles. The van der Waals surface area contributed by atoms with Crippen LogP contribution >= 0.6 is 0 Å². The third-order valence-corrected chi connectivity index (χ3v) is 11.4. The van der Waals surface area contributed by atoms with Gasteiger partial charge in [-0.15, -0.1) is 5.11 Å². The van der Waals surface area contributed by atoms with E-state index in [1.165, 1.54) is 0 Å². The maximum atomic E-state index is 13.1. The number of piperazine rings is 1. The summed E-state index contributed by atoms with van der Waals surface area (Å²) in [6.45, 7) is 9.38. The minimum atomic E-state index is -5.28. The summed E-state index contributed by atoms with van der Waals surface area (Å²) in [5.74, 6) is -4.22. The fourth-order valence-corrected chi connectivity index (χ4v) is 8.03. The molecule has 0 spiro atoms.